The molecular weight excluding hydrogens is 582 g/mol. The third-order valence-corrected chi connectivity index (χ3v) is 8.78. The summed E-state index contributed by atoms with van der Waals surface area (Å²) < 4.78 is 34.3. The van der Waals surface area contributed by atoms with Crippen LogP contribution in [-0.2, 0) is 14.8 Å². The van der Waals surface area contributed by atoms with Crippen molar-refractivity contribution >= 4 is 50.5 Å². The zero-order valence-electron chi connectivity index (χ0n) is 23.9. The number of halogens is 1. The fraction of sp³-hybridized carbons (Fsp3) is 0.536. The molecule has 0 spiro atoms. The first-order valence-corrected chi connectivity index (χ1v) is 16.5. The number of nitrogens with zero attached hydrogens (tertiary/aromatic N) is 6. The smallest absolute Gasteiger partial charge is 0.256 e. The first-order chi connectivity index (χ1) is 19.9. The number of β-amino-alcohol motifs (C(OH)–C–C–N with tert-alkyl or cyclic N) is 1. The monoisotopic (exact) mass is 617 g/mol. The number of ether oxygens (including phenoxy) is 1. The molecule has 3 atom stereocenters. The van der Waals surface area contributed by atoms with Gasteiger partial charge in [0.2, 0.25) is 10.0 Å². The lowest BCUT2D eigenvalue weighted by atomic mass is 9.98. The molecule has 3 aliphatic heterocycles. The van der Waals surface area contributed by atoms with Crippen molar-refractivity contribution in [3.05, 3.63) is 46.6 Å². The molecule has 226 valence electrons. The van der Waals surface area contributed by atoms with Crippen LogP contribution < -0.4 is 14.5 Å². The molecule has 3 saturated heterocycles. The average molecular weight is 618 g/mol. The van der Waals surface area contributed by atoms with E-state index in [1.54, 1.807) is 11.0 Å². The number of fused-ring (bicyclic) bond motifs is 1. The molecule has 12 nitrogen and oxygen atoms in total. The number of carbonyl (C=O) groups is 1. The van der Waals surface area contributed by atoms with Gasteiger partial charge in [-0.05, 0) is 51.3 Å². The molecular formula is C28H36ClN7O5S. The minimum atomic E-state index is -3.62. The number of nitrogens with one attached hydrogen (secondary N) is 1. The molecule has 2 N–H and O–H groups in total. The number of aliphatic hydroxyl groups is 1. The largest absolute Gasteiger partial charge is 0.389 e. The Morgan fingerprint density at radius 1 is 1.07 bits per heavy atom. The maximum Gasteiger partial charge on any atom is 0.256 e. The zero-order valence-corrected chi connectivity index (χ0v) is 25.5. The van der Waals surface area contributed by atoms with Crippen LogP contribution in [0.25, 0.3) is 5.65 Å². The van der Waals surface area contributed by atoms with Crippen LogP contribution in [0.1, 0.15) is 55.2 Å². The molecule has 0 saturated carbocycles. The fourth-order valence-corrected chi connectivity index (χ4v) is 6.89. The molecule has 0 radical (unpaired) electrons. The topological polar surface area (TPSA) is 133 Å². The van der Waals surface area contributed by atoms with E-state index in [0.29, 0.717) is 55.5 Å². The number of carbonyl (C=O) groups excluding carboxylic acids is 1. The third-order valence-electron chi connectivity index (χ3n) is 7.96. The molecule has 0 aliphatic carbocycles. The highest BCUT2D eigenvalue weighted by atomic mass is 35.5. The second kappa shape index (κ2) is 11.2. The summed E-state index contributed by atoms with van der Waals surface area (Å²) in [5.41, 5.74) is 1.75. The number of anilines is 3. The Bertz CT molecular complexity index is 1600. The van der Waals surface area contributed by atoms with Crippen molar-refractivity contribution in [2.24, 2.45) is 0 Å². The molecule has 3 aliphatic rings. The number of rotatable bonds is 6. The summed E-state index contributed by atoms with van der Waals surface area (Å²) in [6.45, 7) is 7.03. The van der Waals surface area contributed by atoms with Gasteiger partial charge in [-0.15, -0.1) is 0 Å². The van der Waals surface area contributed by atoms with Gasteiger partial charge in [-0.3, -0.25) is 9.52 Å². The average Bonchev–Trinajstić information content (AvgIpc) is 3.34. The Labute approximate surface area is 250 Å². The molecule has 1 amide bonds. The van der Waals surface area contributed by atoms with Crippen LogP contribution in [0, 0.1) is 0 Å². The molecule has 2 aromatic heterocycles. The lowest BCUT2D eigenvalue weighted by molar-refractivity contribution is -0.00558. The number of hydrogen-bond donors (Lipinski definition) is 2. The van der Waals surface area contributed by atoms with Gasteiger partial charge in [-0.2, -0.15) is 9.61 Å². The van der Waals surface area contributed by atoms with Crippen molar-refractivity contribution in [2.75, 3.05) is 53.5 Å². The lowest BCUT2D eigenvalue weighted by Crippen LogP contribution is -2.51. The summed E-state index contributed by atoms with van der Waals surface area (Å²) in [4.78, 5) is 24.9. The van der Waals surface area contributed by atoms with Gasteiger partial charge in [0.05, 0.1) is 47.6 Å². The van der Waals surface area contributed by atoms with E-state index in [0.717, 1.165) is 30.7 Å². The number of aliphatic hydroxyl groups excluding tert-OH is 1. The number of aromatic nitrogens is 3. The lowest BCUT2D eigenvalue weighted by Gasteiger charge is -2.39. The van der Waals surface area contributed by atoms with Crippen molar-refractivity contribution in [2.45, 2.75) is 57.5 Å². The van der Waals surface area contributed by atoms with Gasteiger partial charge in [-0.25, -0.2) is 13.4 Å². The van der Waals surface area contributed by atoms with Gasteiger partial charge in [0.15, 0.2) is 5.65 Å². The minimum Gasteiger partial charge on any atom is -0.389 e. The van der Waals surface area contributed by atoms with Crippen molar-refractivity contribution < 1.29 is 23.1 Å². The SMILES string of the molecule is C[C@@H]1CN(c2cc(N3CC(O)C3)nc3cc([C@@H]4CCCCN4C(=O)c4cc(Cl)ccc4NS(C)(=O)=O)nn23)C[C@H](C)O1. The van der Waals surface area contributed by atoms with Gasteiger partial charge in [0, 0.05) is 49.9 Å². The van der Waals surface area contributed by atoms with Crippen molar-refractivity contribution in [1.29, 1.82) is 0 Å². The minimum absolute atomic E-state index is 0.0418. The van der Waals surface area contributed by atoms with Crippen LogP contribution in [0.3, 0.4) is 0 Å². The Hall–Kier alpha value is -3.13. The van der Waals surface area contributed by atoms with Crippen molar-refractivity contribution in [1.82, 2.24) is 19.5 Å². The standard InChI is InChI=1S/C28H36ClN7O5S/c1-17-13-34(14-18(2)41-17)27-12-25(33-15-20(37)16-33)30-26-11-23(31-36(26)27)24-6-4-5-9-35(24)28(38)21-10-19(29)7-8-22(21)32-42(3,39)40/h7-8,10-12,17-18,20,24,32,37H,4-6,9,13-16H2,1-3H3/t17-,18+,24-/m0/s1. The van der Waals surface area contributed by atoms with E-state index in [1.165, 1.54) is 12.1 Å². The van der Waals surface area contributed by atoms with Gasteiger partial charge in [0.25, 0.3) is 5.91 Å². The number of piperidine rings is 1. The van der Waals surface area contributed by atoms with Crippen LogP contribution in [0.4, 0.5) is 17.3 Å². The molecule has 1 aromatic carbocycles. The third kappa shape index (κ3) is 5.87. The number of amides is 1. The summed E-state index contributed by atoms with van der Waals surface area (Å²) in [7, 11) is -3.62. The predicted octanol–water partition coefficient (Wildman–Crippen LogP) is 2.92. The highest BCUT2D eigenvalue weighted by Crippen LogP contribution is 2.36. The van der Waals surface area contributed by atoms with E-state index in [9.17, 15) is 18.3 Å². The van der Waals surface area contributed by atoms with E-state index in [1.807, 2.05) is 21.5 Å². The zero-order chi connectivity index (χ0) is 29.8. The molecule has 0 bridgehead atoms. The van der Waals surface area contributed by atoms with Gasteiger partial charge in [-0.1, -0.05) is 11.6 Å². The van der Waals surface area contributed by atoms with E-state index < -0.39 is 10.0 Å². The Morgan fingerprint density at radius 2 is 1.81 bits per heavy atom. The van der Waals surface area contributed by atoms with E-state index >= 15 is 0 Å². The number of benzene rings is 1. The molecule has 6 rings (SSSR count). The fourth-order valence-electron chi connectivity index (χ4n) is 6.14. The van der Waals surface area contributed by atoms with Gasteiger partial charge < -0.3 is 24.5 Å². The maximum absolute atomic E-state index is 14.0. The van der Waals surface area contributed by atoms with Crippen LogP contribution in [-0.4, -0.2) is 96.2 Å². The molecule has 42 heavy (non-hydrogen) atoms. The van der Waals surface area contributed by atoms with Gasteiger partial charge >= 0.3 is 0 Å². The van der Waals surface area contributed by atoms with E-state index in [2.05, 4.69) is 23.5 Å². The highest BCUT2D eigenvalue weighted by molar-refractivity contribution is 7.92. The van der Waals surface area contributed by atoms with Crippen molar-refractivity contribution in [3.63, 3.8) is 0 Å². The van der Waals surface area contributed by atoms with Gasteiger partial charge in [0.1, 0.15) is 11.6 Å². The highest BCUT2D eigenvalue weighted by Gasteiger charge is 2.34. The normalized spacial score (nSPS) is 23.7. The van der Waals surface area contributed by atoms with E-state index in [4.69, 9.17) is 26.4 Å². The van der Waals surface area contributed by atoms with Crippen LogP contribution >= 0.6 is 11.6 Å². The number of morpholine rings is 1. The summed E-state index contributed by atoms with van der Waals surface area (Å²) in [6, 6.07) is 8.18. The second-order valence-corrected chi connectivity index (χ2v) is 13.8. The number of likely N-dealkylation sites (tertiary alicyclic amines) is 1. The Morgan fingerprint density at radius 3 is 2.50 bits per heavy atom. The quantitative estimate of drug-likeness (QED) is 0.428. The molecule has 5 heterocycles. The predicted molar refractivity (Wildman–Crippen MR) is 161 cm³/mol. The summed E-state index contributed by atoms with van der Waals surface area (Å²) in [5, 5.41) is 15.3. The molecule has 3 fully saturated rings. The molecule has 3 aromatic rings. The second-order valence-electron chi connectivity index (χ2n) is 11.6. The Kier molecular flexibility index (Phi) is 7.71. The number of sulfonamides is 1. The van der Waals surface area contributed by atoms with E-state index in [-0.39, 0.29) is 41.5 Å². The molecule has 14 heteroatoms. The first-order valence-electron chi connectivity index (χ1n) is 14.3. The first kappa shape index (κ1) is 29.0. The van der Waals surface area contributed by atoms with Crippen LogP contribution in [0.5, 0.6) is 0 Å². The Balaban J connectivity index is 1.39. The maximum atomic E-state index is 14.0. The summed E-state index contributed by atoms with van der Waals surface area (Å²) >= 11 is 6.25. The summed E-state index contributed by atoms with van der Waals surface area (Å²) in [5.74, 6) is 1.34. The summed E-state index contributed by atoms with van der Waals surface area (Å²) in [6.07, 6.45) is 3.20. The van der Waals surface area contributed by atoms with Crippen LogP contribution in [0.15, 0.2) is 30.3 Å². The molecule has 0 unspecified atom stereocenters. The number of hydrogen-bond acceptors (Lipinski definition) is 9. The van der Waals surface area contributed by atoms with Crippen LogP contribution in [0.2, 0.25) is 5.02 Å². The van der Waals surface area contributed by atoms with Crippen molar-refractivity contribution in [3.8, 4) is 0 Å².